The van der Waals surface area contributed by atoms with E-state index in [1.54, 1.807) is 24.4 Å². The Hall–Kier alpha value is -2.51. The summed E-state index contributed by atoms with van der Waals surface area (Å²) in [6, 6.07) is 10.6. The SMILES string of the molecule is CCN1CCN(C(=O)CC(c2cccc(C(F)(F)F)c2)c2c[nH]c3ccc(Cl)cc23)CC1. The molecule has 0 aliphatic carbocycles. The Morgan fingerprint density at radius 3 is 2.56 bits per heavy atom. The zero-order valence-corrected chi connectivity index (χ0v) is 18.5. The van der Waals surface area contributed by atoms with E-state index in [4.69, 9.17) is 11.6 Å². The molecule has 1 N–H and O–H groups in total. The van der Waals surface area contributed by atoms with Crippen molar-refractivity contribution in [3.8, 4) is 0 Å². The number of piperazine rings is 1. The van der Waals surface area contributed by atoms with E-state index >= 15 is 0 Å². The van der Waals surface area contributed by atoms with E-state index in [1.165, 1.54) is 6.07 Å². The van der Waals surface area contributed by atoms with Crippen LogP contribution < -0.4 is 0 Å². The number of rotatable bonds is 5. The highest BCUT2D eigenvalue weighted by atomic mass is 35.5. The maximum atomic E-state index is 13.4. The summed E-state index contributed by atoms with van der Waals surface area (Å²) >= 11 is 6.20. The molecule has 170 valence electrons. The van der Waals surface area contributed by atoms with Crippen LogP contribution in [0, 0.1) is 0 Å². The molecule has 3 aromatic rings. The van der Waals surface area contributed by atoms with E-state index in [0.717, 1.165) is 48.2 Å². The van der Waals surface area contributed by atoms with Gasteiger partial charge in [0.05, 0.1) is 5.56 Å². The third kappa shape index (κ3) is 4.79. The molecule has 1 atom stereocenters. The minimum absolute atomic E-state index is 0.0560. The molecule has 0 saturated carbocycles. The second-order valence-electron chi connectivity index (χ2n) is 8.13. The van der Waals surface area contributed by atoms with E-state index in [0.29, 0.717) is 23.7 Å². The van der Waals surface area contributed by atoms with Crippen molar-refractivity contribution in [3.05, 3.63) is 70.4 Å². The molecule has 1 fully saturated rings. The molecule has 8 heteroatoms. The first kappa shape index (κ1) is 22.7. The van der Waals surface area contributed by atoms with Crippen molar-refractivity contribution < 1.29 is 18.0 Å². The predicted octanol–water partition coefficient (Wildman–Crippen LogP) is 5.53. The summed E-state index contributed by atoms with van der Waals surface area (Å²) in [7, 11) is 0. The van der Waals surface area contributed by atoms with Crippen LogP contribution in [-0.2, 0) is 11.0 Å². The topological polar surface area (TPSA) is 39.3 Å². The molecule has 1 amide bonds. The van der Waals surface area contributed by atoms with Crippen LogP contribution in [0.15, 0.2) is 48.7 Å². The lowest BCUT2D eigenvalue weighted by Crippen LogP contribution is -2.48. The van der Waals surface area contributed by atoms with Crippen LogP contribution in [0.4, 0.5) is 13.2 Å². The van der Waals surface area contributed by atoms with Gasteiger partial charge >= 0.3 is 6.18 Å². The van der Waals surface area contributed by atoms with Crippen molar-refractivity contribution in [3.63, 3.8) is 0 Å². The number of likely N-dealkylation sites (N-methyl/N-ethyl adjacent to an activating group) is 1. The number of carbonyl (C=O) groups excluding carboxylic acids is 1. The van der Waals surface area contributed by atoms with E-state index < -0.39 is 17.7 Å². The van der Waals surface area contributed by atoms with Gasteiger partial charge < -0.3 is 14.8 Å². The van der Waals surface area contributed by atoms with Crippen LogP contribution >= 0.6 is 11.6 Å². The molecule has 2 heterocycles. The van der Waals surface area contributed by atoms with Crippen molar-refractivity contribution in [2.75, 3.05) is 32.7 Å². The van der Waals surface area contributed by atoms with E-state index in [2.05, 4.69) is 16.8 Å². The Morgan fingerprint density at radius 1 is 1.12 bits per heavy atom. The summed E-state index contributed by atoms with van der Waals surface area (Å²) in [4.78, 5) is 20.5. The largest absolute Gasteiger partial charge is 0.416 e. The Labute approximate surface area is 190 Å². The van der Waals surface area contributed by atoms with Gasteiger partial charge in [-0.05, 0) is 41.9 Å². The molecule has 4 nitrogen and oxygen atoms in total. The first-order valence-electron chi connectivity index (χ1n) is 10.7. The lowest BCUT2D eigenvalue weighted by molar-refractivity contribution is -0.137. The standard InChI is InChI=1S/C24H25ClF3N3O/c1-2-30-8-10-31(11-9-30)23(32)14-19(16-4-3-5-17(12-16)24(26,27)28)21-15-29-22-7-6-18(25)13-20(21)22/h3-7,12-13,15,19,29H,2,8-11,14H2,1H3. The zero-order chi connectivity index (χ0) is 22.9. The fraction of sp³-hybridized carbons (Fsp3) is 0.375. The van der Waals surface area contributed by atoms with Crippen LogP contribution in [0.5, 0.6) is 0 Å². The lowest BCUT2D eigenvalue weighted by atomic mass is 9.87. The quantitative estimate of drug-likeness (QED) is 0.540. The third-order valence-corrected chi connectivity index (χ3v) is 6.45. The number of hydrogen-bond acceptors (Lipinski definition) is 2. The van der Waals surface area contributed by atoms with Gasteiger partial charge in [0.1, 0.15) is 0 Å². The van der Waals surface area contributed by atoms with Crippen molar-refractivity contribution in [2.24, 2.45) is 0 Å². The van der Waals surface area contributed by atoms with Gasteiger partial charge in [-0.3, -0.25) is 4.79 Å². The van der Waals surface area contributed by atoms with Crippen LogP contribution in [-0.4, -0.2) is 53.4 Å². The Bertz CT molecular complexity index is 1100. The van der Waals surface area contributed by atoms with Crippen LogP contribution in [0.1, 0.15) is 36.0 Å². The number of nitrogens with one attached hydrogen (secondary N) is 1. The van der Waals surface area contributed by atoms with E-state index in [-0.39, 0.29) is 12.3 Å². The molecule has 0 radical (unpaired) electrons. The number of amides is 1. The minimum Gasteiger partial charge on any atom is -0.361 e. The van der Waals surface area contributed by atoms with Crippen LogP contribution in [0.2, 0.25) is 5.02 Å². The number of halogens is 4. The monoisotopic (exact) mass is 463 g/mol. The average molecular weight is 464 g/mol. The highest BCUT2D eigenvalue weighted by Crippen LogP contribution is 2.37. The molecule has 1 aromatic heterocycles. The van der Waals surface area contributed by atoms with Crippen LogP contribution in [0.25, 0.3) is 10.9 Å². The first-order chi connectivity index (χ1) is 15.3. The van der Waals surface area contributed by atoms with Gasteiger partial charge in [-0.1, -0.05) is 36.7 Å². The number of alkyl halides is 3. The van der Waals surface area contributed by atoms with Gasteiger partial charge in [-0.15, -0.1) is 0 Å². The molecule has 0 bridgehead atoms. The van der Waals surface area contributed by atoms with Gasteiger partial charge in [0, 0.05) is 60.6 Å². The Morgan fingerprint density at radius 2 is 1.88 bits per heavy atom. The van der Waals surface area contributed by atoms with Gasteiger partial charge in [0.2, 0.25) is 5.91 Å². The van der Waals surface area contributed by atoms with E-state index in [9.17, 15) is 18.0 Å². The second kappa shape index (κ2) is 9.16. The first-order valence-corrected chi connectivity index (χ1v) is 11.1. The fourth-order valence-electron chi connectivity index (χ4n) is 4.36. The van der Waals surface area contributed by atoms with Crippen LogP contribution in [0.3, 0.4) is 0 Å². The molecule has 32 heavy (non-hydrogen) atoms. The number of nitrogens with zero attached hydrogens (tertiary/aromatic N) is 2. The van der Waals surface area contributed by atoms with Gasteiger partial charge in [-0.25, -0.2) is 0 Å². The molecule has 1 aliphatic rings. The number of fused-ring (bicyclic) bond motifs is 1. The second-order valence-corrected chi connectivity index (χ2v) is 8.57. The molecule has 2 aromatic carbocycles. The number of benzene rings is 2. The van der Waals surface area contributed by atoms with Gasteiger partial charge in [0.25, 0.3) is 0 Å². The smallest absolute Gasteiger partial charge is 0.361 e. The molecule has 4 rings (SSSR count). The van der Waals surface area contributed by atoms with Gasteiger partial charge in [0.15, 0.2) is 0 Å². The normalized spacial score (nSPS) is 16.5. The molecular formula is C24H25ClF3N3O. The summed E-state index contributed by atoms with van der Waals surface area (Å²) in [5, 5.41) is 1.34. The number of carbonyl (C=O) groups is 1. The highest BCUT2D eigenvalue weighted by molar-refractivity contribution is 6.31. The number of hydrogen-bond donors (Lipinski definition) is 1. The Balaban J connectivity index is 1.70. The predicted molar refractivity (Wildman–Crippen MR) is 120 cm³/mol. The van der Waals surface area contributed by atoms with Crippen molar-refractivity contribution in [2.45, 2.75) is 25.4 Å². The third-order valence-electron chi connectivity index (χ3n) is 6.22. The highest BCUT2D eigenvalue weighted by Gasteiger charge is 2.32. The number of aromatic amines is 1. The van der Waals surface area contributed by atoms with Gasteiger partial charge in [-0.2, -0.15) is 13.2 Å². The lowest BCUT2D eigenvalue weighted by Gasteiger charge is -2.35. The fourth-order valence-corrected chi connectivity index (χ4v) is 4.53. The molecule has 1 saturated heterocycles. The maximum absolute atomic E-state index is 13.4. The minimum atomic E-state index is -4.45. The summed E-state index contributed by atoms with van der Waals surface area (Å²) in [5.74, 6) is -0.583. The van der Waals surface area contributed by atoms with E-state index in [1.807, 2.05) is 11.0 Å². The Kier molecular flexibility index (Phi) is 6.49. The molecular weight excluding hydrogens is 439 g/mol. The average Bonchev–Trinajstić information content (AvgIpc) is 3.19. The molecule has 0 spiro atoms. The summed E-state index contributed by atoms with van der Waals surface area (Å²) < 4.78 is 40.2. The summed E-state index contributed by atoms with van der Waals surface area (Å²) in [5.41, 5.74) is 1.33. The van der Waals surface area contributed by atoms with Crippen molar-refractivity contribution in [1.82, 2.24) is 14.8 Å². The number of H-pyrrole nitrogens is 1. The molecule has 1 aliphatic heterocycles. The van der Waals surface area contributed by atoms with Crippen molar-refractivity contribution >= 4 is 28.4 Å². The van der Waals surface area contributed by atoms with Crippen molar-refractivity contribution in [1.29, 1.82) is 0 Å². The summed E-state index contributed by atoms with van der Waals surface area (Å²) in [6.07, 6.45) is -2.59. The summed E-state index contributed by atoms with van der Waals surface area (Å²) in [6.45, 7) is 5.88. The molecule has 1 unspecified atom stereocenters. The zero-order valence-electron chi connectivity index (χ0n) is 17.8. The maximum Gasteiger partial charge on any atom is 0.416 e. The number of aromatic nitrogens is 1.